The van der Waals surface area contributed by atoms with Gasteiger partial charge in [-0.3, -0.25) is 9.59 Å². The van der Waals surface area contributed by atoms with E-state index in [4.69, 9.17) is 0 Å². The lowest BCUT2D eigenvalue weighted by Gasteiger charge is -2.20. The maximum atomic E-state index is 14.8. The van der Waals surface area contributed by atoms with E-state index in [0.29, 0.717) is 12.4 Å². The molecule has 3 aromatic heterocycles. The molecule has 0 aliphatic carbocycles. The highest BCUT2D eigenvalue weighted by atomic mass is 19.4. The standard InChI is InChI=1S/C24H18F8N6O2/c1-11(36-18-9-35-37-21(39)19(18)24(30,31)32)4-14(25)10-38-3-2-12-5-16(17(26)6-15(12)22(38)40)20-33-7-13(8-34-20)23(27,28)29/h2-3,5-9,11,14H,4,10H2,1H3,(H2,36,37,39)/t11-,14+/m1/s1. The molecule has 0 radical (unpaired) electrons. The highest BCUT2D eigenvalue weighted by Crippen LogP contribution is 2.32. The number of benzene rings is 1. The van der Waals surface area contributed by atoms with E-state index in [9.17, 15) is 44.7 Å². The van der Waals surface area contributed by atoms with E-state index in [-0.39, 0.29) is 28.6 Å². The van der Waals surface area contributed by atoms with Crippen molar-refractivity contribution >= 4 is 16.5 Å². The van der Waals surface area contributed by atoms with Crippen molar-refractivity contribution in [3.63, 3.8) is 0 Å². The Morgan fingerprint density at radius 3 is 2.33 bits per heavy atom. The Kier molecular flexibility index (Phi) is 7.63. The first-order valence-electron chi connectivity index (χ1n) is 11.4. The molecular formula is C24H18F8N6O2. The first-order chi connectivity index (χ1) is 18.6. The Bertz CT molecular complexity index is 1650. The molecule has 0 saturated carbocycles. The molecule has 16 heteroatoms. The summed E-state index contributed by atoms with van der Waals surface area (Å²) in [5.41, 5.74) is -5.78. The Labute approximate surface area is 218 Å². The first-order valence-corrected chi connectivity index (χ1v) is 11.4. The van der Waals surface area contributed by atoms with E-state index in [1.54, 1.807) is 5.10 Å². The highest BCUT2D eigenvalue weighted by molar-refractivity contribution is 5.86. The van der Waals surface area contributed by atoms with Gasteiger partial charge in [-0.15, -0.1) is 0 Å². The molecule has 3 heterocycles. The molecule has 4 aromatic rings. The average Bonchev–Trinajstić information content (AvgIpc) is 2.84. The van der Waals surface area contributed by atoms with Crippen LogP contribution in [0.15, 0.2) is 52.6 Å². The van der Waals surface area contributed by atoms with E-state index in [0.717, 1.165) is 16.8 Å². The van der Waals surface area contributed by atoms with Crippen LogP contribution in [0.4, 0.5) is 40.8 Å². The molecule has 212 valence electrons. The zero-order valence-corrected chi connectivity index (χ0v) is 20.2. The fraction of sp³-hybridized carbons (Fsp3) is 0.292. The predicted molar refractivity (Wildman–Crippen MR) is 127 cm³/mol. The smallest absolute Gasteiger partial charge is 0.381 e. The van der Waals surface area contributed by atoms with Crippen molar-refractivity contribution in [2.24, 2.45) is 0 Å². The summed E-state index contributed by atoms with van der Waals surface area (Å²) in [6.45, 7) is 0.850. The van der Waals surface area contributed by atoms with Crippen LogP contribution in [0.2, 0.25) is 0 Å². The number of pyridine rings is 1. The molecule has 2 atom stereocenters. The van der Waals surface area contributed by atoms with E-state index < -0.39 is 64.9 Å². The van der Waals surface area contributed by atoms with Gasteiger partial charge in [0.2, 0.25) is 0 Å². The Morgan fingerprint density at radius 2 is 1.70 bits per heavy atom. The number of aromatic nitrogens is 5. The number of H-pyrrole nitrogens is 1. The summed E-state index contributed by atoms with van der Waals surface area (Å²) in [7, 11) is 0. The normalized spacial score (nSPS) is 13.8. The molecule has 0 amide bonds. The fourth-order valence-electron chi connectivity index (χ4n) is 4.02. The van der Waals surface area contributed by atoms with Crippen LogP contribution in [-0.2, 0) is 18.9 Å². The minimum Gasteiger partial charge on any atom is -0.381 e. The van der Waals surface area contributed by atoms with Gasteiger partial charge < -0.3 is 9.88 Å². The average molecular weight is 574 g/mol. The van der Waals surface area contributed by atoms with E-state index in [1.807, 2.05) is 0 Å². The van der Waals surface area contributed by atoms with Crippen molar-refractivity contribution in [3.8, 4) is 11.4 Å². The molecule has 40 heavy (non-hydrogen) atoms. The lowest BCUT2D eigenvalue weighted by Crippen LogP contribution is -2.30. The van der Waals surface area contributed by atoms with Gasteiger partial charge in [-0.1, -0.05) is 0 Å². The summed E-state index contributed by atoms with van der Waals surface area (Å²) < 4.78 is 108. The van der Waals surface area contributed by atoms with Crippen LogP contribution in [0.5, 0.6) is 0 Å². The molecule has 4 rings (SSSR count). The number of fused-ring (bicyclic) bond motifs is 1. The Hall–Kier alpha value is -4.37. The lowest BCUT2D eigenvalue weighted by atomic mass is 10.1. The zero-order chi connectivity index (χ0) is 29.4. The van der Waals surface area contributed by atoms with Crippen LogP contribution in [0.1, 0.15) is 24.5 Å². The van der Waals surface area contributed by atoms with Crippen molar-refractivity contribution < 1.29 is 35.1 Å². The quantitative estimate of drug-likeness (QED) is 0.303. The number of aromatic amines is 1. The molecule has 0 fully saturated rings. The van der Waals surface area contributed by atoms with Crippen molar-refractivity contribution in [3.05, 3.63) is 80.6 Å². The Morgan fingerprint density at radius 1 is 1.02 bits per heavy atom. The van der Waals surface area contributed by atoms with Crippen molar-refractivity contribution in [2.45, 2.75) is 44.5 Å². The first kappa shape index (κ1) is 28.6. The SMILES string of the molecule is C[C@H](C[C@H](F)Cn1ccc2cc(-c3ncc(C(F)(F)F)cn3)c(F)cc2c1=O)Nc1cn[nH]c(=O)c1C(F)(F)F. The van der Waals surface area contributed by atoms with Gasteiger partial charge in [-0.25, -0.2) is 23.8 Å². The summed E-state index contributed by atoms with van der Waals surface area (Å²) in [4.78, 5) is 31.6. The second-order valence-electron chi connectivity index (χ2n) is 8.85. The maximum Gasteiger partial charge on any atom is 0.423 e. The molecule has 2 N–H and O–H groups in total. The third-order valence-corrected chi connectivity index (χ3v) is 5.83. The molecule has 0 aliphatic heterocycles. The maximum absolute atomic E-state index is 14.8. The van der Waals surface area contributed by atoms with Crippen LogP contribution in [0, 0.1) is 5.82 Å². The van der Waals surface area contributed by atoms with Gasteiger partial charge in [0.1, 0.15) is 17.6 Å². The summed E-state index contributed by atoms with van der Waals surface area (Å²) in [5.74, 6) is -1.34. The summed E-state index contributed by atoms with van der Waals surface area (Å²) in [6.07, 6.45) is -8.82. The second-order valence-corrected chi connectivity index (χ2v) is 8.85. The molecule has 0 spiro atoms. The molecule has 0 aliphatic rings. The highest BCUT2D eigenvalue weighted by Gasteiger charge is 2.37. The number of anilines is 1. The molecule has 0 saturated heterocycles. The van der Waals surface area contributed by atoms with Crippen LogP contribution in [0.25, 0.3) is 22.2 Å². The van der Waals surface area contributed by atoms with E-state index in [1.165, 1.54) is 25.3 Å². The van der Waals surface area contributed by atoms with Gasteiger partial charge in [0.05, 0.1) is 34.9 Å². The minimum atomic E-state index is -4.99. The van der Waals surface area contributed by atoms with Gasteiger partial charge in [-0.2, -0.15) is 31.4 Å². The number of halogens is 8. The van der Waals surface area contributed by atoms with Crippen LogP contribution < -0.4 is 16.4 Å². The molecule has 1 aromatic carbocycles. The predicted octanol–water partition coefficient (Wildman–Crippen LogP) is 4.95. The van der Waals surface area contributed by atoms with E-state index in [2.05, 4.69) is 20.4 Å². The number of alkyl halides is 7. The summed E-state index contributed by atoms with van der Waals surface area (Å²) in [5, 5.41) is 7.45. The van der Waals surface area contributed by atoms with Gasteiger partial charge in [0.15, 0.2) is 5.82 Å². The number of nitrogens with zero attached hydrogens (tertiary/aromatic N) is 4. The Balaban J connectivity index is 1.51. The van der Waals surface area contributed by atoms with Gasteiger partial charge in [0.25, 0.3) is 11.1 Å². The minimum absolute atomic E-state index is 0.154. The largest absolute Gasteiger partial charge is 0.423 e. The lowest BCUT2D eigenvalue weighted by molar-refractivity contribution is -0.139. The monoisotopic (exact) mass is 574 g/mol. The number of hydrogen-bond donors (Lipinski definition) is 2. The van der Waals surface area contributed by atoms with E-state index >= 15 is 0 Å². The molecule has 0 unspecified atom stereocenters. The van der Waals surface area contributed by atoms with Crippen LogP contribution >= 0.6 is 0 Å². The fourth-order valence-corrected chi connectivity index (χ4v) is 4.02. The summed E-state index contributed by atoms with van der Waals surface area (Å²) >= 11 is 0. The summed E-state index contributed by atoms with van der Waals surface area (Å²) in [6, 6.07) is 2.45. The topological polar surface area (TPSA) is 106 Å². The molecule has 0 bridgehead atoms. The van der Waals surface area contributed by atoms with Gasteiger partial charge in [0, 0.05) is 31.1 Å². The van der Waals surface area contributed by atoms with Crippen molar-refractivity contribution in [2.75, 3.05) is 5.32 Å². The van der Waals surface area contributed by atoms with Gasteiger partial charge >= 0.3 is 12.4 Å². The van der Waals surface area contributed by atoms with Crippen molar-refractivity contribution in [1.82, 2.24) is 24.7 Å². The van der Waals surface area contributed by atoms with Gasteiger partial charge in [-0.05, 0) is 30.5 Å². The number of hydrogen-bond acceptors (Lipinski definition) is 6. The van der Waals surface area contributed by atoms with Crippen molar-refractivity contribution in [1.29, 1.82) is 0 Å². The molecule has 8 nitrogen and oxygen atoms in total. The second kappa shape index (κ2) is 10.7. The number of nitrogens with one attached hydrogen (secondary N) is 2. The third kappa shape index (κ3) is 6.10. The number of rotatable bonds is 7. The zero-order valence-electron chi connectivity index (χ0n) is 20.2. The molecular weight excluding hydrogens is 556 g/mol. The third-order valence-electron chi connectivity index (χ3n) is 5.83. The van der Waals surface area contributed by atoms with Crippen LogP contribution in [0.3, 0.4) is 0 Å². The van der Waals surface area contributed by atoms with Crippen LogP contribution in [-0.4, -0.2) is 36.9 Å².